The zero-order valence-corrected chi connectivity index (χ0v) is 7.01. The second-order valence-corrected chi connectivity index (χ2v) is 2.65. The summed E-state index contributed by atoms with van der Waals surface area (Å²) in [6, 6.07) is 7.39. The number of rotatable bonds is 2. The van der Waals surface area contributed by atoms with Gasteiger partial charge in [0.25, 0.3) is 0 Å². The standard InChI is InChI=1S/C8H10ClNO/c1-11-7-4-2-3-6(5-7)8(9)10/h2-5,8H,10H2,1H3. The van der Waals surface area contributed by atoms with Crippen molar-refractivity contribution < 1.29 is 4.74 Å². The highest BCUT2D eigenvalue weighted by Crippen LogP contribution is 2.19. The number of alkyl halides is 1. The van der Waals surface area contributed by atoms with E-state index in [1.165, 1.54) is 0 Å². The van der Waals surface area contributed by atoms with Gasteiger partial charge in [0.1, 0.15) is 11.3 Å². The van der Waals surface area contributed by atoms with Gasteiger partial charge in [-0.1, -0.05) is 12.1 Å². The summed E-state index contributed by atoms with van der Waals surface area (Å²) in [6.07, 6.45) is 0. The van der Waals surface area contributed by atoms with Gasteiger partial charge in [0.15, 0.2) is 0 Å². The number of methoxy groups -OCH3 is 1. The fraction of sp³-hybridized carbons (Fsp3) is 0.250. The van der Waals surface area contributed by atoms with Crippen LogP contribution < -0.4 is 10.5 Å². The van der Waals surface area contributed by atoms with Crippen molar-refractivity contribution in [1.82, 2.24) is 0 Å². The molecule has 0 aliphatic heterocycles. The zero-order chi connectivity index (χ0) is 8.27. The lowest BCUT2D eigenvalue weighted by Gasteiger charge is -2.04. The summed E-state index contributed by atoms with van der Waals surface area (Å²) in [6.45, 7) is 0. The minimum atomic E-state index is -0.454. The number of benzene rings is 1. The third kappa shape index (κ3) is 2.10. The third-order valence-corrected chi connectivity index (χ3v) is 1.66. The molecule has 0 heterocycles. The van der Waals surface area contributed by atoms with Crippen LogP contribution in [0.4, 0.5) is 0 Å². The van der Waals surface area contributed by atoms with E-state index in [-0.39, 0.29) is 0 Å². The normalized spacial score (nSPS) is 12.6. The lowest BCUT2D eigenvalue weighted by Crippen LogP contribution is -2.01. The first-order valence-electron chi connectivity index (χ1n) is 3.27. The SMILES string of the molecule is COc1cccc(C(N)Cl)c1. The Balaban J connectivity index is 2.91. The number of hydrogen-bond donors (Lipinski definition) is 1. The summed E-state index contributed by atoms with van der Waals surface area (Å²) >= 11 is 5.65. The molecule has 0 saturated heterocycles. The summed E-state index contributed by atoms with van der Waals surface area (Å²) in [5.74, 6) is 0.776. The van der Waals surface area contributed by atoms with Gasteiger partial charge in [0, 0.05) is 0 Å². The van der Waals surface area contributed by atoms with Crippen molar-refractivity contribution in [1.29, 1.82) is 0 Å². The van der Waals surface area contributed by atoms with E-state index >= 15 is 0 Å². The van der Waals surface area contributed by atoms with Crippen LogP contribution in [0.15, 0.2) is 24.3 Å². The molecular formula is C8H10ClNO. The van der Waals surface area contributed by atoms with Crippen LogP contribution in [0.2, 0.25) is 0 Å². The topological polar surface area (TPSA) is 35.2 Å². The smallest absolute Gasteiger partial charge is 0.119 e. The maximum atomic E-state index is 5.65. The highest BCUT2D eigenvalue weighted by Gasteiger charge is 2.00. The molecule has 0 amide bonds. The van der Waals surface area contributed by atoms with Crippen molar-refractivity contribution in [3.63, 3.8) is 0 Å². The van der Waals surface area contributed by atoms with E-state index in [0.29, 0.717) is 0 Å². The molecule has 1 rings (SSSR count). The van der Waals surface area contributed by atoms with Crippen LogP contribution in [0.1, 0.15) is 11.1 Å². The van der Waals surface area contributed by atoms with Crippen LogP contribution >= 0.6 is 11.6 Å². The molecule has 1 unspecified atom stereocenters. The molecule has 1 aromatic rings. The first-order valence-corrected chi connectivity index (χ1v) is 3.71. The molecule has 0 aliphatic rings. The molecular weight excluding hydrogens is 162 g/mol. The van der Waals surface area contributed by atoms with Crippen molar-refractivity contribution >= 4 is 11.6 Å². The Labute approximate surface area is 70.9 Å². The molecule has 1 aromatic carbocycles. The van der Waals surface area contributed by atoms with Gasteiger partial charge in [-0.15, -0.1) is 11.6 Å². The van der Waals surface area contributed by atoms with Crippen LogP contribution in [0.3, 0.4) is 0 Å². The first kappa shape index (κ1) is 8.37. The molecule has 3 heteroatoms. The number of hydrogen-bond acceptors (Lipinski definition) is 2. The molecule has 60 valence electrons. The highest BCUT2D eigenvalue weighted by atomic mass is 35.5. The highest BCUT2D eigenvalue weighted by molar-refractivity contribution is 6.20. The monoisotopic (exact) mass is 171 g/mol. The summed E-state index contributed by atoms with van der Waals surface area (Å²) in [5.41, 5.74) is 5.86. The number of halogens is 1. The predicted molar refractivity (Wildman–Crippen MR) is 45.8 cm³/mol. The van der Waals surface area contributed by atoms with E-state index in [1.54, 1.807) is 7.11 Å². The Morgan fingerprint density at radius 1 is 1.55 bits per heavy atom. The van der Waals surface area contributed by atoms with E-state index in [9.17, 15) is 0 Å². The summed E-state index contributed by atoms with van der Waals surface area (Å²) < 4.78 is 4.99. The largest absolute Gasteiger partial charge is 0.497 e. The molecule has 0 aliphatic carbocycles. The summed E-state index contributed by atoms with van der Waals surface area (Å²) in [4.78, 5) is 0. The van der Waals surface area contributed by atoms with Gasteiger partial charge in [0.05, 0.1) is 7.11 Å². The Morgan fingerprint density at radius 3 is 2.82 bits per heavy atom. The van der Waals surface area contributed by atoms with Crippen molar-refractivity contribution in [3.8, 4) is 5.75 Å². The Hall–Kier alpha value is -0.730. The molecule has 2 N–H and O–H groups in total. The second-order valence-electron chi connectivity index (χ2n) is 2.18. The predicted octanol–water partition coefficient (Wildman–Crippen LogP) is 1.89. The zero-order valence-electron chi connectivity index (χ0n) is 6.25. The molecule has 2 nitrogen and oxygen atoms in total. The molecule has 1 atom stereocenters. The molecule has 0 saturated carbocycles. The lowest BCUT2D eigenvalue weighted by molar-refractivity contribution is 0.414. The summed E-state index contributed by atoms with van der Waals surface area (Å²) in [7, 11) is 1.61. The molecule has 0 aromatic heterocycles. The maximum Gasteiger partial charge on any atom is 0.119 e. The van der Waals surface area contributed by atoms with Gasteiger partial charge in [-0.3, -0.25) is 0 Å². The third-order valence-electron chi connectivity index (χ3n) is 1.41. The Morgan fingerprint density at radius 2 is 2.27 bits per heavy atom. The second kappa shape index (κ2) is 3.60. The minimum Gasteiger partial charge on any atom is -0.497 e. The van der Waals surface area contributed by atoms with Gasteiger partial charge in [0.2, 0.25) is 0 Å². The number of nitrogens with two attached hydrogens (primary N) is 1. The number of ether oxygens (including phenoxy) is 1. The van der Waals surface area contributed by atoms with Crippen LogP contribution in [-0.4, -0.2) is 7.11 Å². The minimum absolute atomic E-state index is 0.454. The molecule has 0 radical (unpaired) electrons. The molecule has 11 heavy (non-hydrogen) atoms. The quantitative estimate of drug-likeness (QED) is 0.545. The van der Waals surface area contributed by atoms with Gasteiger partial charge in [-0.25, -0.2) is 0 Å². The fourth-order valence-electron chi connectivity index (χ4n) is 0.813. The Kier molecular flexibility index (Phi) is 2.74. The van der Waals surface area contributed by atoms with Gasteiger partial charge in [-0.2, -0.15) is 0 Å². The van der Waals surface area contributed by atoms with Gasteiger partial charge >= 0.3 is 0 Å². The van der Waals surface area contributed by atoms with E-state index in [4.69, 9.17) is 22.1 Å². The van der Waals surface area contributed by atoms with Gasteiger partial charge < -0.3 is 10.5 Å². The molecule has 0 spiro atoms. The van der Waals surface area contributed by atoms with E-state index < -0.39 is 5.50 Å². The molecule has 0 bridgehead atoms. The molecule has 0 fully saturated rings. The maximum absolute atomic E-state index is 5.65. The van der Waals surface area contributed by atoms with Crippen molar-refractivity contribution in [2.45, 2.75) is 5.50 Å². The van der Waals surface area contributed by atoms with Crippen LogP contribution in [0.25, 0.3) is 0 Å². The summed E-state index contributed by atoms with van der Waals surface area (Å²) in [5, 5.41) is 0. The van der Waals surface area contributed by atoms with E-state index in [2.05, 4.69) is 0 Å². The fourth-order valence-corrected chi connectivity index (χ4v) is 0.949. The average Bonchev–Trinajstić information content (AvgIpc) is 2.05. The van der Waals surface area contributed by atoms with Crippen LogP contribution in [-0.2, 0) is 0 Å². The van der Waals surface area contributed by atoms with Crippen molar-refractivity contribution in [3.05, 3.63) is 29.8 Å². The van der Waals surface area contributed by atoms with Gasteiger partial charge in [-0.05, 0) is 17.7 Å². The van der Waals surface area contributed by atoms with Crippen LogP contribution in [0, 0.1) is 0 Å². The van der Waals surface area contributed by atoms with E-state index in [1.807, 2.05) is 24.3 Å². The van der Waals surface area contributed by atoms with Crippen molar-refractivity contribution in [2.24, 2.45) is 5.73 Å². The first-order chi connectivity index (χ1) is 5.24. The Bertz CT molecular complexity index is 237. The van der Waals surface area contributed by atoms with Crippen LogP contribution in [0.5, 0.6) is 5.75 Å². The van der Waals surface area contributed by atoms with E-state index in [0.717, 1.165) is 11.3 Å². The van der Waals surface area contributed by atoms with Crippen molar-refractivity contribution in [2.75, 3.05) is 7.11 Å². The lowest BCUT2D eigenvalue weighted by atomic mass is 10.2. The average molecular weight is 172 g/mol.